The van der Waals surface area contributed by atoms with Crippen molar-refractivity contribution in [2.45, 2.75) is 20.3 Å². The molecule has 0 bridgehead atoms. The molecule has 0 radical (unpaired) electrons. The molecular formula is C11H15ClO3S. The molecule has 0 atom stereocenters. The van der Waals surface area contributed by atoms with Crippen molar-refractivity contribution in [1.29, 1.82) is 0 Å². The summed E-state index contributed by atoms with van der Waals surface area (Å²) in [7, 11) is 1.68. The van der Waals surface area contributed by atoms with Crippen molar-refractivity contribution in [3.8, 4) is 5.75 Å². The number of halogens is 1. The lowest BCUT2D eigenvalue weighted by Crippen LogP contribution is -2.04. The zero-order valence-corrected chi connectivity index (χ0v) is 10.9. The van der Waals surface area contributed by atoms with Crippen LogP contribution >= 0.6 is 10.7 Å². The van der Waals surface area contributed by atoms with E-state index in [1.54, 1.807) is 0 Å². The van der Waals surface area contributed by atoms with Crippen molar-refractivity contribution in [1.82, 2.24) is 0 Å². The van der Waals surface area contributed by atoms with Gasteiger partial charge < -0.3 is 4.74 Å². The van der Waals surface area contributed by atoms with Gasteiger partial charge in [0.05, 0.1) is 12.4 Å². The van der Waals surface area contributed by atoms with Gasteiger partial charge in [-0.15, -0.1) is 0 Å². The summed E-state index contributed by atoms with van der Waals surface area (Å²) in [4.78, 5) is 0. The van der Waals surface area contributed by atoms with E-state index in [1.807, 2.05) is 32.0 Å². The van der Waals surface area contributed by atoms with E-state index in [4.69, 9.17) is 15.4 Å². The first-order chi connectivity index (χ1) is 7.38. The smallest absolute Gasteiger partial charge is 0.232 e. The lowest BCUT2D eigenvalue weighted by Gasteiger charge is -2.07. The van der Waals surface area contributed by atoms with Gasteiger partial charge in [-0.25, -0.2) is 8.42 Å². The van der Waals surface area contributed by atoms with Crippen LogP contribution in [0.15, 0.2) is 18.2 Å². The molecule has 16 heavy (non-hydrogen) atoms. The molecule has 0 fully saturated rings. The molecule has 0 aliphatic heterocycles. The predicted octanol–water partition coefficient (Wildman–Crippen LogP) is 2.64. The number of benzene rings is 1. The van der Waals surface area contributed by atoms with Crippen LogP contribution in [-0.4, -0.2) is 20.8 Å². The molecular weight excluding hydrogens is 248 g/mol. The maximum atomic E-state index is 10.7. The van der Waals surface area contributed by atoms with Crippen molar-refractivity contribution in [2.75, 3.05) is 12.4 Å². The van der Waals surface area contributed by atoms with Crippen LogP contribution in [0.3, 0.4) is 0 Å². The Morgan fingerprint density at radius 1 is 1.25 bits per heavy atom. The Bertz CT molecular complexity index is 454. The minimum Gasteiger partial charge on any atom is -0.494 e. The van der Waals surface area contributed by atoms with Gasteiger partial charge in [-0.3, -0.25) is 0 Å². The quantitative estimate of drug-likeness (QED) is 0.605. The van der Waals surface area contributed by atoms with Crippen LogP contribution < -0.4 is 4.74 Å². The highest BCUT2D eigenvalue weighted by atomic mass is 35.7. The minimum atomic E-state index is -3.40. The maximum Gasteiger partial charge on any atom is 0.232 e. The topological polar surface area (TPSA) is 43.4 Å². The Morgan fingerprint density at radius 2 is 1.94 bits per heavy atom. The second-order valence-electron chi connectivity index (χ2n) is 3.69. The second kappa shape index (κ2) is 5.55. The summed E-state index contributed by atoms with van der Waals surface area (Å²) in [6.07, 6.45) is 0.402. The molecule has 3 nitrogen and oxygen atoms in total. The third-order valence-electron chi connectivity index (χ3n) is 2.28. The number of aryl methyl sites for hydroxylation is 2. The van der Waals surface area contributed by atoms with E-state index in [2.05, 4.69) is 0 Å². The van der Waals surface area contributed by atoms with E-state index in [0.29, 0.717) is 13.0 Å². The molecule has 0 unspecified atom stereocenters. The summed E-state index contributed by atoms with van der Waals surface area (Å²) in [6, 6.07) is 5.78. The van der Waals surface area contributed by atoms with E-state index in [-0.39, 0.29) is 5.75 Å². The van der Waals surface area contributed by atoms with E-state index < -0.39 is 9.05 Å². The summed E-state index contributed by atoms with van der Waals surface area (Å²) in [5.41, 5.74) is 2.36. The summed E-state index contributed by atoms with van der Waals surface area (Å²) in [6.45, 7) is 4.39. The van der Waals surface area contributed by atoms with Crippen LogP contribution in [0.25, 0.3) is 0 Å². The Balaban J connectivity index is 2.41. The summed E-state index contributed by atoms with van der Waals surface area (Å²) < 4.78 is 26.7. The molecule has 5 heteroatoms. The molecule has 1 aromatic rings. The molecule has 0 aliphatic carbocycles. The zero-order valence-electron chi connectivity index (χ0n) is 9.36. The maximum absolute atomic E-state index is 10.7. The molecule has 0 N–H and O–H groups in total. The number of hydrogen-bond donors (Lipinski definition) is 0. The van der Waals surface area contributed by atoms with Crippen LogP contribution in [0.5, 0.6) is 5.75 Å². The molecule has 0 saturated carbocycles. The SMILES string of the molecule is Cc1ccc(OCCCS(=O)(=O)Cl)cc1C. The van der Waals surface area contributed by atoms with Crippen LogP contribution in [-0.2, 0) is 9.05 Å². The standard InChI is InChI=1S/C11H15ClO3S/c1-9-4-5-11(8-10(9)2)15-6-3-7-16(12,13)14/h4-5,8H,3,6-7H2,1-2H3. The predicted molar refractivity (Wildman–Crippen MR) is 65.7 cm³/mol. The fourth-order valence-corrected chi connectivity index (χ4v) is 2.02. The fraction of sp³-hybridized carbons (Fsp3) is 0.455. The molecule has 1 rings (SSSR count). The van der Waals surface area contributed by atoms with Gasteiger partial charge in [0.25, 0.3) is 0 Å². The number of hydrogen-bond acceptors (Lipinski definition) is 3. The van der Waals surface area contributed by atoms with Crippen LogP contribution in [0, 0.1) is 13.8 Å². The molecule has 0 heterocycles. The minimum absolute atomic E-state index is 0.0562. The summed E-state index contributed by atoms with van der Waals surface area (Å²) >= 11 is 0. The van der Waals surface area contributed by atoms with Crippen LogP contribution in [0.2, 0.25) is 0 Å². The van der Waals surface area contributed by atoms with Gasteiger partial charge in [0, 0.05) is 10.7 Å². The fourth-order valence-electron chi connectivity index (χ4n) is 1.23. The van der Waals surface area contributed by atoms with Gasteiger partial charge in [-0.1, -0.05) is 6.07 Å². The Labute approximate surface area is 101 Å². The highest BCUT2D eigenvalue weighted by Gasteiger charge is 2.04. The molecule has 0 saturated heterocycles. The molecule has 0 aromatic heterocycles. The van der Waals surface area contributed by atoms with Crippen molar-refractivity contribution in [2.24, 2.45) is 0 Å². The highest BCUT2D eigenvalue weighted by molar-refractivity contribution is 8.13. The number of ether oxygens (including phenoxy) is 1. The van der Waals surface area contributed by atoms with Crippen molar-refractivity contribution in [3.63, 3.8) is 0 Å². The second-order valence-corrected chi connectivity index (χ2v) is 6.59. The molecule has 0 spiro atoms. The van der Waals surface area contributed by atoms with Crippen molar-refractivity contribution < 1.29 is 13.2 Å². The van der Waals surface area contributed by atoms with Gasteiger partial charge in [0.2, 0.25) is 9.05 Å². The van der Waals surface area contributed by atoms with E-state index in [9.17, 15) is 8.42 Å². The summed E-state index contributed by atoms with van der Waals surface area (Å²) in [5, 5.41) is 0. The zero-order chi connectivity index (χ0) is 12.2. The average molecular weight is 263 g/mol. The lowest BCUT2D eigenvalue weighted by molar-refractivity contribution is 0.317. The molecule has 90 valence electrons. The highest BCUT2D eigenvalue weighted by Crippen LogP contribution is 2.16. The van der Waals surface area contributed by atoms with Gasteiger partial charge >= 0.3 is 0 Å². The third kappa shape index (κ3) is 4.86. The summed E-state index contributed by atoms with van der Waals surface area (Å²) in [5.74, 6) is 0.703. The first-order valence-corrected chi connectivity index (χ1v) is 7.49. The first-order valence-electron chi connectivity index (χ1n) is 5.01. The van der Waals surface area contributed by atoms with Gasteiger partial charge in [-0.05, 0) is 43.5 Å². The Kier molecular flexibility index (Phi) is 4.62. The Morgan fingerprint density at radius 3 is 2.50 bits per heavy atom. The largest absolute Gasteiger partial charge is 0.494 e. The Hall–Kier alpha value is -0.740. The van der Waals surface area contributed by atoms with E-state index in [1.165, 1.54) is 5.56 Å². The van der Waals surface area contributed by atoms with Crippen LogP contribution in [0.1, 0.15) is 17.5 Å². The first kappa shape index (κ1) is 13.3. The average Bonchev–Trinajstić information content (AvgIpc) is 2.17. The lowest BCUT2D eigenvalue weighted by atomic mass is 10.1. The van der Waals surface area contributed by atoms with Gasteiger partial charge in [0.15, 0.2) is 0 Å². The van der Waals surface area contributed by atoms with E-state index >= 15 is 0 Å². The number of rotatable bonds is 5. The molecule has 0 amide bonds. The van der Waals surface area contributed by atoms with Crippen molar-refractivity contribution in [3.05, 3.63) is 29.3 Å². The third-order valence-corrected chi connectivity index (χ3v) is 3.52. The van der Waals surface area contributed by atoms with Gasteiger partial charge in [0.1, 0.15) is 5.75 Å². The van der Waals surface area contributed by atoms with Gasteiger partial charge in [-0.2, -0.15) is 0 Å². The van der Waals surface area contributed by atoms with E-state index in [0.717, 1.165) is 11.3 Å². The van der Waals surface area contributed by atoms with Crippen LogP contribution in [0.4, 0.5) is 0 Å². The normalized spacial score (nSPS) is 11.4. The monoisotopic (exact) mass is 262 g/mol. The van der Waals surface area contributed by atoms with Crippen molar-refractivity contribution >= 4 is 19.7 Å². The molecule has 0 aliphatic rings. The molecule has 1 aromatic carbocycles.